The third-order valence-electron chi connectivity index (χ3n) is 4.19. The van der Waals surface area contributed by atoms with Gasteiger partial charge < -0.3 is 15.0 Å². The van der Waals surface area contributed by atoms with Crippen LogP contribution in [0.2, 0.25) is 0 Å². The first-order valence-electron chi connectivity index (χ1n) is 8.03. The number of para-hydroxylation sites is 1. The molecule has 0 saturated carbocycles. The Morgan fingerprint density at radius 1 is 1.24 bits per heavy atom. The van der Waals surface area contributed by atoms with Crippen LogP contribution in [0.3, 0.4) is 0 Å². The number of hydrogen-bond acceptors (Lipinski definition) is 3. The van der Waals surface area contributed by atoms with Crippen LogP contribution >= 0.6 is 0 Å². The fraction of sp³-hybridized carbons (Fsp3) is 0.263. The second-order valence-electron chi connectivity index (χ2n) is 5.98. The van der Waals surface area contributed by atoms with E-state index in [9.17, 15) is 14.0 Å². The Bertz CT molecular complexity index is 776. The molecule has 130 valence electrons. The van der Waals surface area contributed by atoms with Crippen molar-refractivity contribution in [1.82, 2.24) is 10.2 Å². The van der Waals surface area contributed by atoms with Gasteiger partial charge in [-0.3, -0.25) is 9.59 Å². The maximum atomic E-state index is 13.0. The number of amides is 2. The van der Waals surface area contributed by atoms with Gasteiger partial charge in [0.25, 0.3) is 5.91 Å². The van der Waals surface area contributed by atoms with E-state index in [1.165, 1.54) is 19.2 Å². The summed E-state index contributed by atoms with van der Waals surface area (Å²) in [5.74, 6) is -0.112. The normalized spacial score (nSPS) is 16.8. The lowest BCUT2D eigenvalue weighted by atomic mass is 10.1. The van der Waals surface area contributed by atoms with Crippen molar-refractivity contribution in [1.29, 1.82) is 0 Å². The molecule has 2 amide bonds. The number of nitrogens with zero attached hydrogens (tertiary/aromatic N) is 1. The van der Waals surface area contributed by atoms with Crippen molar-refractivity contribution in [3.63, 3.8) is 0 Å². The Balaban J connectivity index is 1.62. The van der Waals surface area contributed by atoms with Gasteiger partial charge in [-0.25, -0.2) is 4.39 Å². The second-order valence-corrected chi connectivity index (χ2v) is 5.98. The van der Waals surface area contributed by atoms with Crippen LogP contribution in [-0.4, -0.2) is 36.4 Å². The van der Waals surface area contributed by atoms with Crippen molar-refractivity contribution in [3.8, 4) is 5.75 Å². The molecule has 25 heavy (non-hydrogen) atoms. The summed E-state index contributed by atoms with van der Waals surface area (Å²) >= 11 is 0. The van der Waals surface area contributed by atoms with Gasteiger partial charge in [-0.05, 0) is 29.8 Å². The molecule has 1 heterocycles. The number of nitrogens with one attached hydrogen (secondary N) is 1. The first-order chi connectivity index (χ1) is 12.1. The molecule has 0 aliphatic carbocycles. The smallest absolute Gasteiger partial charge is 0.255 e. The quantitative estimate of drug-likeness (QED) is 0.907. The van der Waals surface area contributed by atoms with Crippen molar-refractivity contribution in [3.05, 3.63) is 65.5 Å². The molecule has 1 atom stereocenters. The molecule has 1 aliphatic rings. The monoisotopic (exact) mass is 342 g/mol. The highest BCUT2D eigenvalue weighted by Crippen LogP contribution is 2.19. The number of likely N-dealkylation sites (tertiary alicyclic amines) is 1. The molecule has 0 aromatic heterocycles. The van der Waals surface area contributed by atoms with Crippen LogP contribution < -0.4 is 10.1 Å². The molecule has 1 saturated heterocycles. The van der Waals surface area contributed by atoms with E-state index < -0.39 is 0 Å². The number of halogens is 1. The van der Waals surface area contributed by atoms with Gasteiger partial charge in [0.1, 0.15) is 11.6 Å². The molecular weight excluding hydrogens is 323 g/mol. The van der Waals surface area contributed by atoms with E-state index in [0.29, 0.717) is 24.4 Å². The van der Waals surface area contributed by atoms with Crippen LogP contribution in [0.4, 0.5) is 4.39 Å². The molecule has 3 rings (SSSR count). The lowest BCUT2D eigenvalue weighted by Crippen LogP contribution is -2.37. The summed E-state index contributed by atoms with van der Waals surface area (Å²) in [5, 5.41) is 2.88. The minimum Gasteiger partial charge on any atom is -0.496 e. The van der Waals surface area contributed by atoms with Crippen LogP contribution in [0.1, 0.15) is 22.3 Å². The number of methoxy groups -OCH3 is 1. The van der Waals surface area contributed by atoms with Crippen LogP contribution in [0.15, 0.2) is 48.5 Å². The average molecular weight is 342 g/mol. The highest BCUT2D eigenvalue weighted by atomic mass is 19.1. The fourth-order valence-electron chi connectivity index (χ4n) is 2.93. The zero-order valence-corrected chi connectivity index (χ0v) is 13.9. The first kappa shape index (κ1) is 17.0. The molecule has 0 bridgehead atoms. The Labute approximate surface area is 145 Å². The van der Waals surface area contributed by atoms with Crippen molar-refractivity contribution in [2.75, 3.05) is 13.7 Å². The lowest BCUT2D eigenvalue weighted by Gasteiger charge is -2.17. The van der Waals surface area contributed by atoms with Gasteiger partial charge in [-0.2, -0.15) is 0 Å². The molecule has 5 nitrogen and oxygen atoms in total. The van der Waals surface area contributed by atoms with E-state index in [4.69, 9.17) is 4.74 Å². The standard InChI is InChI=1S/C19H19FN2O3/c1-25-17-5-3-2-4-16(17)19(24)21-15-10-18(23)22(12-15)11-13-6-8-14(20)9-7-13/h2-9,15H,10-12H2,1H3,(H,21,24). The van der Waals surface area contributed by atoms with E-state index in [0.717, 1.165) is 5.56 Å². The summed E-state index contributed by atoms with van der Waals surface area (Å²) in [6.07, 6.45) is 0.252. The van der Waals surface area contributed by atoms with Crippen molar-refractivity contribution >= 4 is 11.8 Å². The predicted molar refractivity (Wildman–Crippen MR) is 90.7 cm³/mol. The average Bonchev–Trinajstić information content (AvgIpc) is 2.96. The third kappa shape index (κ3) is 3.96. The lowest BCUT2D eigenvalue weighted by molar-refractivity contribution is -0.128. The van der Waals surface area contributed by atoms with Gasteiger partial charge >= 0.3 is 0 Å². The van der Waals surface area contributed by atoms with Gasteiger partial charge in [-0.15, -0.1) is 0 Å². The highest BCUT2D eigenvalue weighted by Gasteiger charge is 2.31. The molecule has 0 radical (unpaired) electrons. The van der Waals surface area contributed by atoms with E-state index in [2.05, 4.69) is 5.32 Å². The topological polar surface area (TPSA) is 58.6 Å². The number of carbonyl (C=O) groups is 2. The molecule has 2 aromatic carbocycles. The Morgan fingerprint density at radius 2 is 1.96 bits per heavy atom. The Kier molecular flexibility index (Phi) is 4.97. The molecule has 2 aromatic rings. The summed E-state index contributed by atoms with van der Waals surface area (Å²) in [4.78, 5) is 26.3. The number of ether oxygens (including phenoxy) is 1. The fourth-order valence-corrected chi connectivity index (χ4v) is 2.93. The predicted octanol–water partition coefficient (Wildman–Crippen LogP) is 2.37. The van der Waals surface area contributed by atoms with Crippen molar-refractivity contribution in [2.24, 2.45) is 0 Å². The first-order valence-corrected chi connectivity index (χ1v) is 8.03. The zero-order valence-electron chi connectivity index (χ0n) is 13.9. The van der Waals surface area contributed by atoms with E-state index in [-0.39, 0.29) is 30.1 Å². The maximum absolute atomic E-state index is 13.0. The van der Waals surface area contributed by atoms with Crippen molar-refractivity contribution < 1.29 is 18.7 Å². The molecule has 0 spiro atoms. The van der Waals surface area contributed by atoms with Crippen LogP contribution in [0, 0.1) is 5.82 Å². The number of hydrogen-bond donors (Lipinski definition) is 1. The summed E-state index contributed by atoms with van der Waals surface area (Å²) in [7, 11) is 1.51. The minimum atomic E-state index is -0.307. The molecule has 1 N–H and O–H groups in total. The number of rotatable bonds is 5. The summed E-state index contributed by atoms with van der Waals surface area (Å²) in [5.41, 5.74) is 1.29. The molecule has 1 fully saturated rings. The van der Waals surface area contributed by atoms with Gasteiger partial charge in [0.15, 0.2) is 0 Å². The number of carbonyl (C=O) groups excluding carboxylic acids is 2. The number of benzene rings is 2. The minimum absolute atomic E-state index is 0.0327. The van der Waals surface area contributed by atoms with Crippen molar-refractivity contribution in [2.45, 2.75) is 19.0 Å². The molecular formula is C19H19FN2O3. The Hall–Kier alpha value is -2.89. The van der Waals surface area contributed by atoms with E-state index in [1.54, 1.807) is 41.3 Å². The van der Waals surface area contributed by atoms with E-state index in [1.807, 2.05) is 0 Å². The van der Waals surface area contributed by atoms with Gasteiger partial charge in [0.2, 0.25) is 5.91 Å². The van der Waals surface area contributed by atoms with Gasteiger partial charge in [0, 0.05) is 19.5 Å². The van der Waals surface area contributed by atoms with Gasteiger partial charge in [-0.1, -0.05) is 24.3 Å². The third-order valence-corrected chi connectivity index (χ3v) is 4.19. The van der Waals surface area contributed by atoms with Gasteiger partial charge in [0.05, 0.1) is 18.7 Å². The summed E-state index contributed by atoms with van der Waals surface area (Å²) < 4.78 is 18.2. The molecule has 6 heteroatoms. The molecule has 1 unspecified atom stereocenters. The summed E-state index contributed by atoms with van der Waals surface area (Å²) in [6.45, 7) is 0.831. The highest BCUT2D eigenvalue weighted by molar-refractivity contribution is 5.97. The van der Waals surface area contributed by atoms with Crippen LogP contribution in [0.5, 0.6) is 5.75 Å². The van der Waals surface area contributed by atoms with E-state index >= 15 is 0 Å². The molecule has 1 aliphatic heterocycles. The second kappa shape index (κ2) is 7.34. The summed E-state index contributed by atoms with van der Waals surface area (Å²) in [6, 6.07) is 12.7. The SMILES string of the molecule is COc1ccccc1C(=O)NC1CC(=O)N(Cc2ccc(F)cc2)C1. The van der Waals surface area contributed by atoms with Crippen LogP contribution in [-0.2, 0) is 11.3 Å². The largest absolute Gasteiger partial charge is 0.496 e. The maximum Gasteiger partial charge on any atom is 0.255 e. The Morgan fingerprint density at radius 3 is 2.68 bits per heavy atom. The zero-order chi connectivity index (χ0) is 17.8. The van der Waals surface area contributed by atoms with Crippen LogP contribution in [0.25, 0.3) is 0 Å².